The van der Waals surface area contributed by atoms with E-state index in [1.807, 2.05) is 24.3 Å². The van der Waals surface area contributed by atoms with Crippen molar-refractivity contribution in [2.75, 3.05) is 11.9 Å². The van der Waals surface area contributed by atoms with E-state index in [2.05, 4.69) is 5.32 Å². The normalized spacial score (nSPS) is 16.7. The van der Waals surface area contributed by atoms with Crippen molar-refractivity contribution in [3.63, 3.8) is 0 Å². The van der Waals surface area contributed by atoms with E-state index in [4.69, 9.17) is 11.6 Å². The van der Waals surface area contributed by atoms with Crippen LogP contribution in [0.4, 0.5) is 5.69 Å². The van der Waals surface area contributed by atoms with Gasteiger partial charge in [0.1, 0.15) is 0 Å². The highest BCUT2D eigenvalue weighted by Crippen LogP contribution is 2.26. The fraction of sp³-hybridized carbons (Fsp3) is 0.455. The smallest absolute Gasteiger partial charge is 0.0407 e. The average molecular weight is 196 g/mol. The molecular weight excluding hydrogens is 182 g/mol. The molecule has 1 saturated carbocycles. The lowest BCUT2D eigenvalue weighted by atomic mass is 9.85. The summed E-state index contributed by atoms with van der Waals surface area (Å²) < 4.78 is 0. The van der Waals surface area contributed by atoms with Crippen LogP contribution in [0.25, 0.3) is 0 Å². The van der Waals surface area contributed by atoms with Gasteiger partial charge in [-0.05, 0) is 43.0 Å². The van der Waals surface area contributed by atoms with E-state index in [9.17, 15) is 0 Å². The number of halogens is 1. The lowest BCUT2D eigenvalue weighted by Crippen LogP contribution is -2.20. The van der Waals surface area contributed by atoms with Crippen molar-refractivity contribution >= 4 is 17.3 Å². The molecule has 0 aromatic heterocycles. The van der Waals surface area contributed by atoms with Crippen LogP contribution in [-0.4, -0.2) is 6.54 Å². The van der Waals surface area contributed by atoms with E-state index >= 15 is 0 Å². The minimum absolute atomic E-state index is 0.800. The zero-order valence-electron chi connectivity index (χ0n) is 7.59. The Morgan fingerprint density at radius 2 is 1.92 bits per heavy atom. The van der Waals surface area contributed by atoms with Crippen LogP contribution in [0.2, 0.25) is 5.02 Å². The summed E-state index contributed by atoms with van der Waals surface area (Å²) in [6, 6.07) is 7.90. The summed E-state index contributed by atoms with van der Waals surface area (Å²) in [5.74, 6) is 0.899. The molecule has 0 unspecified atom stereocenters. The van der Waals surface area contributed by atoms with Gasteiger partial charge in [0.15, 0.2) is 0 Å². The fourth-order valence-corrected chi connectivity index (χ4v) is 1.65. The van der Waals surface area contributed by atoms with Crippen LogP contribution in [0.5, 0.6) is 0 Å². The average Bonchev–Trinajstić information content (AvgIpc) is 2.05. The van der Waals surface area contributed by atoms with Gasteiger partial charge in [0, 0.05) is 17.3 Å². The van der Waals surface area contributed by atoms with Crippen LogP contribution < -0.4 is 5.32 Å². The maximum absolute atomic E-state index is 5.79. The van der Waals surface area contributed by atoms with Crippen molar-refractivity contribution in [1.82, 2.24) is 0 Å². The molecule has 0 saturated heterocycles. The molecule has 0 amide bonds. The molecule has 1 aliphatic rings. The maximum atomic E-state index is 5.79. The predicted molar refractivity (Wildman–Crippen MR) is 57.3 cm³/mol. The van der Waals surface area contributed by atoms with Gasteiger partial charge in [-0.25, -0.2) is 0 Å². The van der Waals surface area contributed by atoms with Crippen LogP contribution in [-0.2, 0) is 0 Å². The second-order valence-corrected chi connectivity index (χ2v) is 4.12. The number of nitrogens with one attached hydrogen (secondary N) is 1. The lowest BCUT2D eigenvalue weighted by Gasteiger charge is -2.25. The molecule has 0 heterocycles. The van der Waals surface area contributed by atoms with Crippen LogP contribution in [0.3, 0.4) is 0 Å². The summed E-state index contributed by atoms with van der Waals surface area (Å²) in [6.07, 6.45) is 4.19. The van der Waals surface area contributed by atoms with Crippen molar-refractivity contribution in [2.24, 2.45) is 5.92 Å². The summed E-state index contributed by atoms with van der Waals surface area (Å²) in [5.41, 5.74) is 1.18. The van der Waals surface area contributed by atoms with Gasteiger partial charge in [-0.3, -0.25) is 0 Å². The third-order valence-corrected chi connectivity index (χ3v) is 2.92. The van der Waals surface area contributed by atoms with Gasteiger partial charge in [0.05, 0.1) is 0 Å². The Balaban J connectivity index is 1.83. The molecule has 70 valence electrons. The predicted octanol–water partition coefficient (Wildman–Crippen LogP) is 3.55. The Morgan fingerprint density at radius 1 is 1.23 bits per heavy atom. The van der Waals surface area contributed by atoms with Gasteiger partial charge >= 0.3 is 0 Å². The second-order valence-electron chi connectivity index (χ2n) is 3.68. The van der Waals surface area contributed by atoms with Crippen LogP contribution >= 0.6 is 11.6 Å². The lowest BCUT2D eigenvalue weighted by molar-refractivity contribution is 0.333. The van der Waals surface area contributed by atoms with Gasteiger partial charge < -0.3 is 5.32 Å². The Morgan fingerprint density at radius 3 is 2.46 bits per heavy atom. The number of hydrogen-bond donors (Lipinski definition) is 1. The van der Waals surface area contributed by atoms with Crippen molar-refractivity contribution in [3.05, 3.63) is 29.3 Å². The Kier molecular flexibility index (Phi) is 2.74. The molecule has 1 aliphatic carbocycles. The van der Waals surface area contributed by atoms with Gasteiger partial charge in [-0.1, -0.05) is 18.0 Å². The molecule has 0 radical (unpaired) electrons. The van der Waals surface area contributed by atoms with E-state index in [0.717, 1.165) is 17.5 Å². The second kappa shape index (κ2) is 4.01. The molecule has 0 bridgehead atoms. The molecule has 1 aromatic carbocycles. The van der Waals surface area contributed by atoms with Gasteiger partial charge in [-0.2, -0.15) is 0 Å². The fourth-order valence-electron chi connectivity index (χ4n) is 1.53. The van der Waals surface area contributed by atoms with Crippen molar-refractivity contribution in [2.45, 2.75) is 19.3 Å². The van der Waals surface area contributed by atoms with Gasteiger partial charge in [0.25, 0.3) is 0 Å². The van der Waals surface area contributed by atoms with E-state index in [0.29, 0.717) is 0 Å². The first-order valence-corrected chi connectivity index (χ1v) is 5.22. The third kappa shape index (κ3) is 2.38. The molecule has 0 spiro atoms. The highest BCUT2D eigenvalue weighted by Gasteiger charge is 2.16. The highest BCUT2D eigenvalue weighted by atomic mass is 35.5. The Hall–Kier alpha value is -0.690. The zero-order valence-corrected chi connectivity index (χ0v) is 8.35. The van der Waals surface area contributed by atoms with E-state index in [-0.39, 0.29) is 0 Å². The summed E-state index contributed by atoms with van der Waals surface area (Å²) in [5, 5.41) is 4.22. The zero-order chi connectivity index (χ0) is 9.10. The molecule has 13 heavy (non-hydrogen) atoms. The summed E-state index contributed by atoms with van der Waals surface area (Å²) in [7, 11) is 0. The quantitative estimate of drug-likeness (QED) is 0.778. The number of hydrogen-bond acceptors (Lipinski definition) is 1. The molecule has 2 heteroatoms. The first-order chi connectivity index (χ1) is 6.34. The molecule has 2 rings (SSSR count). The molecule has 1 nitrogen and oxygen atoms in total. The van der Waals surface area contributed by atoms with Crippen molar-refractivity contribution in [1.29, 1.82) is 0 Å². The van der Waals surface area contributed by atoms with E-state index in [1.165, 1.54) is 24.9 Å². The minimum atomic E-state index is 0.800. The number of anilines is 1. The Labute approximate surface area is 84.1 Å². The largest absolute Gasteiger partial charge is 0.385 e. The highest BCUT2D eigenvalue weighted by molar-refractivity contribution is 6.30. The van der Waals surface area contributed by atoms with Crippen LogP contribution in [0.15, 0.2) is 24.3 Å². The molecule has 0 aliphatic heterocycles. The molecule has 1 N–H and O–H groups in total. The topological polar surface area (TPSA) is 12.0 Å². The minimum Gasteiger partial charge on any atom is -0.385 e. The van der Waals surface area contributed by atoms with E-state index in [1.54, 1.807) is 0 Å². The van der Waals surface area contributed by atoms with Crippen molar-refractivity contribution in [3.8, 4) is 0 Å². The maximum Gasteiger partial charge on any atom is 0.0407 e. The monoisotopic (exact) mass is 195 g/mol. The first kappa shape index (κ1) is 8.89. The summed E-state index contributed by atoms with van der Waals surface area (Å²) in [6.45, 7) is 1.11. The number of rotatable bonds is 3. The van der Waals surface area contributed by atoms with Crippen LogP contribution in [0.1, 0.15) is 19.3 Å². The van der Waals surface area contributed by atoms with Crippen LogP contribution in [0, 0.1) is 5.92 Å². The Bertz CT molecular complexity index is 264. The van der Waals surface area contributed by atoms with E-state index < -0.39 is 0 Å². The molecule has 1 fully saturated rings. The van der Waals surface area contributed by atoms with Crippen molar-refractivity contribution < 1.29 is 0 Å². The molecule has 0 atom stereocenters. The standard InChI is InChI=1S/C11H14ClN/c12-10-4-6-11(7-5-10)13-8-9-2-1-3-9/h4-7,9,13H,1-3,8H2. The summed E-state index contributed by atoms with van der Waals surface area (Å²) >= 11 is 5.79. The van der Waals surface area contributed by atoms with Gasteiger partial charge in [0.2, 0.25) is 0 Å². The third-order valence-electron chi connectivity index (χ3n) is 2.66. The first-order valence-electron chi connectivity index (χ1n) is 4.84. The number of benzene rings is 1. The molecule has 1 aromatic rings. The SMILES string of the molecule is Clc1ccc(NCC2CCC2)cc1. The van der Waals surface area contributed by atoms with Gasteiger partial charge in [-0.15, -0.1) is 0 Å². The summed E-state index contributed by atoms with van der Waals surface area (Å²) in [4.78, 5) is 0. The molecular formula is C11H14ClN.